The molecule has 2 aromatic rings. The van der Waals surface area contributed by atoms with Gasteiger partial charge in [-0.25, -0.2) is 4.98 Å². The van der Waals surface area contributed by atoms with Gasteiger partial charge in [0.05, 0.1) is 11.7 Å². The minimum Gasteiger partial charge on any atom is -0.325 e. The standard InChI is InChI=1S/C16H24N4/c1-12(2)19-9-4-3-7-15(19)14-11-20-13(10-17)6-5-8-16(20)18-14/h5-6,8,11-12,15H,3-4,7,9-10,17H2,1-2H3. The minimum absolute atomic E-state index is 0.453. The number of likely N-dealkylation sites (tertiary alicyclic amines) is 1. The summed E-state index contributed by atoms with van der Waals surface area (Å²) in [4.78, 5) is 7.42. The average molecular weight is 272 g/mol. The molecule has 1 fully saturated rings. The molecule has 3 heterocycles. The predicted molar refractivity (Wildman–Crippen MR) is 81.5 cm³/mol. The van der Waals surface area contributed by atoms with Gasteiger partial charge in [-0.1, -0.05) is 12.5 Å². The third-order valence-electron chi connectivity index (χ3n) is 4.35. The first-order valence-electron chi connectivity index (χ1n) is 7.63. The van der Waals surface area contributed by atoms with Crippen molar-refractivity contribution in [1.82, 2.24) is 14.3 Å². The van der Waals surface area contributed by atoms with Gasteiger partial charge in [0.15, 0.2) is 0 Å². The largest absolute Gasteiger partial charge is 0.325 e. The maximum atomic E-state index is 5.82. The quantitative estimate of drug-likeness (QED) is 0.934. The molecule has 2 N–H and O–H groups in total. The zero-order chi connectivity index (χ0) is 14.1. The molecule has 1 saturated heterocycles. The number of hydrogen-bond donors (Lipinski definition) is 1. The van der Waals surface area contributed by atoms with Gasteiger partial charge in [-0.3, -0.25) is 4.90 Å². The highest BCUT2D eigenvalue weighted by atomic mass is 15.2. The summed E-state index contributed by atoms with van der Waals surface area (Å²) < 4.78 is 2.14. The van der Waals surface area contributed by atoms with Gasteiger partial charge in [0.25, 0.3) is 0 Å². The number of nitrogens with two attached hydrogens (primary N) is 1. The molecular formula is C16H24N4. The van der Waals surface area contributed by atoms with Crippen LogP contribution in [-0.4, -0.2) is 26.9 Å². The number of piperidine rings is 1. The van der Waals surface area contributed by atoms with Crippen LogP contribution in [0.4, 0.5) is 0 Å². The topological polar surface area (TPSA) is 46.6 Å². The van der Waals surface area contributed by atoms with Gasteiger partial charge in [0.1, 0.15) is 5.65 Å². The molecule has 0 saturated carbocycles. The molecule has 0 spiro atoms. The molecule has 1 atom stereocenters. The van der Waals surface area contributed by atoms with E-state index in [1.54, 1.807) is 0 Å². The molecular weight excluding hydrogens is 248 g/mol. The molecule has 0 bridgehead atoms. The first kappa shape index (κ1) is 13.6. The van der Waals surface area contributed by atoms with E-state index < -0.39 is 0 Å². The van der Waals surface area contributed by atoms with E-state index in [4.69, 9.17) is 10.7 Å². The lowest BCUT2D eigenvalue weighted by Crippen LogP contribution is -2.38. The molecule has 108 valence electrons. The van der Waals surface area contributed by atoms with Crippen molar-refractivity contribution in [2.75, 3.05) is 6.54 Å². The number of nitrogens with zero attached hydrogens (tertiary/aromatic N) is 3. The number of hydrogen-bond acceptors (Lipinski definition) is 3. The molecule has 0 amide bonds. The molecule has 0 aromatic carbocycles. The van der Waals surface area contributed by atoms with Crippen LogP contribution in [0.15, 0.2) is 24.4 Å². The van der Waals surface area contributed by atoms with Crippen LogP contribution >= 0.6 is 0 Å². The monoisotopic (exact) mass is 272 g/mol. The van der Waals surface area contributed by atoms with Crippen LogP contribution < -0.4 is 5.73 Å². The Hall–Kier alpha value is -1.39. The summed E-state index contributed by atoms with van der Waals surface area (Å²) in [7, 11) is 0. The zero-order valence-corrected chi connectivity index (χ0v) is 12.4. The number of rotatable bonds is 3. The summed E-state index contributed by atoms with van der Waals surface area (Å²) in [5.41, 5.74) is 9.14. The molecule has 4 heteroatoms. The van der Waals surface area contributed by atoms with Crippen molar-refractivity contribution in [3.8, 4) is 0 Å². The van der Waals surface area contributed by atoms with Crippen molar-refractivity contribution >= 4 is 5.65 Å². The Balaban J connectivity index is 2.00. The van der Waals surface area contributed by atoms with Gasteiger partial charge in [-0.05, 0) is 45.4 Å². The van der Waals surface area contributed by atoms with Gasteiger partial charge < -0.3 is 10.1 Å². The summed E-state index contributed by atoms with van der Waals surface area (Å²) >= 11 is 0. The second-order valence-corrected chi connectivity index (χ2v) is 5.96. The van der Waals surface area contributed by atoms with Gasteiger partial charge in [0, 0.05) is 24.5 Å². The van der Waals surface area contributed by atoms with Gasteiger partial charge in [-0.15, -0.1) is 0 Å². The van der Waals surface area contributed by atoms with Crippen molar-refractivity contribution in [1.29, 1.82) is 0 Å². The lowest BCUT2D eigenvalue weighted by Gasteiger charge is -2.37. The lowest BCUT2D eigenvalue weighted by molar-refractivity contribution is 0.109. The number of aromatic nitrogens is 2. The fourth-order valence-electron chi connectivity index (χ4n) is 3.30. The summed E-state index contributed by atoms with van der Waals surface area (Å²) in [5.74, 6) is 0. The van der Waals surface area contributed by atoms with Gasteiger partial charge in [-0.2, -0.15) is 0 Å². The fourth-order valence-corrected chi connectivity index (χ4v) is 3.30. The van der Waals surface area contributed by atoms with Crippen LogP contribution in [-0.2, 0) is 6.54 Å². The third kappa shape index (κ3) is 2.34. The molecule has 1 aliphatic heterocycles. The van der Waals surface area contributed by atoms with E-state index >= 15 is 0 Å². The molecule has 0 radical (unpaired) electrons. The average Bonchev–Trinajstić information content (AvgIpc) is 2.90. The molecule has 0 aliphatic carbocycles. The Morgan fingerprint density at radius 3 is 2.95 bits per heavy atom. The van der Waals surface area contributed by atoms with E-state index in [-0.39, 0.29) is 0 Å². The third-order valence-corrected chi connectivity index (χ3v) is 4.35. The van der Waals surface area contributed by atoms with Gasteiger partial charge in [0.2, 0.25) is 0 Å². The van der Waals surface area contributed by atoms with E-state index in [1.165, 1.54) is 31.5 Å². The summed E-state index contributed by atoms with van der Waals surface area (Å²) in [6.45, 7) is 6.28. The number of imidazole rings is 1. The molecule has 20 heavy (non-hydrogen) atoms. The second kappa shape index (κ2) is 5.54. The SMILES string of the molecule is CC(C)N1CCCCC1c1cn2c(CN)cccc2n1. The predicted octanol–water partition coefficient (Wildman–Crippen LogP) is 2.73. The molecule has 1 unspecified atom stereocenters. The second-order valence-electron chi connectivity index (χ2n) is 5.96. The number of fused-ring (bicyclic) bond motifs is 1. The highest BCUT2D eigenvalue weighted by molar-refractivity contribution is 5.42. The fraction of sp³-hybridized carbons (Fsp3) is 0.562. The van der Waals surface area contributed by atoms with E-state index in [2.05, 4.69) is 41.5 Å². The maximum Gasteiger partial charge on any atom is 0.137 e. The van der Waals surface area contributed by atoms with Crippen molar-refractivity contribution in [2.24, 2.45) is 5.73 Å². The minimum atomic E-state index is 0.453. The maximum absolute atomic E-state index is 5.82. The Kier molecular flexibility index (Phi) is 3.76. The summed E-state index contributed by atoms with van der Waals surface area (Å²) in [5, 5.41) is 0. The molecule has 2 aromatic heterocycles. The Bertz CT molecular complexity index is 587. The molecule has 1 aliphatic rings. The zero-order valence-electron chi connectivity index (χ0n) is 12.4. The van der Waals surface area contributed by atoms with Crippen molar-refractivity contribution in [3.05, 3.63) is 35.8 Å². The van der Waals surface area contributed by atoms with Crippen molar-refractivity contribution in [2.45, 2.75) is 51.7 Å². The molecule has 4 nitrogen and oxygen atoms in total. The number of pyridine rings is 1. The van der Waals surface area contributed by atoms with E-state index in [9.17, 15) is 0 Å². The van der Waals surface area contributed by atoms with Crippen LogP contribution in [0.2, 0.25) is 0 Å². The Morgan fingerprint density at radius 1 is 1.35 bits per heavy atom. The summed E-state index contributed by atoms with van der Waals surface area (Å²) in [6.07, 6.45) is 5.99. The van der Waals surface area contributed by atoms with Crippen molar-refractivity contribution in [3.63, 3.8) is 0 Å². The first-order chi connectivity index (χ1) is 9.70. The Morgan fingerprint density at radius 2 is 2.20 bits per heavy atom. The first-order valence-corrected chi connectivity index (χ1v) is 7.63. The highest BCUT2D eigenvalue weighted by Gasteiger charge is 2.27. The van der Waals surface area contributed by atoms with E-state index in [1.807, 2.05) is 6.07 Å². The summed E-state index contributed by atoms with van der Waals surface area (Å²) in [6, 6.07) is 7.19. The van der Waals surface area contributed by atoms with E-state index in [0.29, 0.717) is 18.6 Å². The Labute approximate surface area is 120 Å². The van der Waals surface area contributed by atoms with Crippen LogP contribution in [0, 0.1) is 0 Å². The van der Waals surface area contributed by atoms with Crippen LogP contribution in [0.25, 0.3) is 5.65 Å². The smallest absolute Gasteiger partial charge is 0.137 e. The normalized spacial score (nSPS) is 20.9. The van der Waals surface area contributed by atoms with Crippen LogP contribution in [0.1, 0.15) is 50.5 Å². The van der Waals surface area contributed by atoms with Crippen LogP contribution in [0.3, 0.4) is 0 Å². The van der Waals surface area contributed by atoms with Crippen LogP contribution in [0.5, 0.6) is 0 Å². The van der Waals surface area contributed by atoms with E-state index in [0.717, 1.165) is 11.3 Å². The lowest BCUT2D eigenvalue weighted by atomic mass is 9.98. The highest BCUT2D eigenvalue weighted by Crippen LogP contribution is 2.32. The molecule has 3 rings (SSSR count). The van der Waals surface area contributed by atoms with Gasteiger partial charge >= 0.3 is 0 Å². The van der Waals surface area contributed by atoms with Crippen molar-refractivity contribution < 1.29 is 0 Å².